The van der Waals surface area contributed by atoms with Crippen LogP contribution in [0.5, 0.6) is 5.75 Å². The quantitative estimate of drug-likeness (QED) is 0.535. The van der Waals surface area contributed by atoms with Crippen LogP contribution < -0.4 is 10.1 Å². The highest BCUT2D eigenvalue weighted by Gasteiger charge is 2.21. The van der Waals surface area contributed by atoms with Gasteiger partial charge < -0.3 is 14.8 Å². The predicted molar refractivity (Wildman–Crippen MR) is 129 cm³/mol. The minimum atomic E-state index is -0.310. The molecule has 0 aliphatic carbocycles. The van der Waals surface area contributed by atoms with Gasteiger partial charge in [-0.05, 0) is 54.8 Å². The third-order valence-electron chi connectivity index (χ3n) is 6.12. The van der Waals surface area contributed by atoms with Gasteiger partial charge in [-0.1, -0.05) is 18.2 Å². The van der Waals surface area contributed by atoms with E-state index in [4.69, 9.17) is 9.47 Å². The monoisotopic (exact) mass is 463 g/mol. The Bertz CT molecular complexity index is 1110. The average molecular weight is 464 g/mol. The van der Waals surface area contributed by atoms with Crippen molar-refractivity contribution in [3.63, 3.8) is 0 Å². The molecule has 1 aromatic heterocycles. The van der Waals surface area contributed by atoms with Gasteiger partial charge in [-0.25, -0.2) is 4.39 Å². The molecule has 0 atom stereocenters. The molecule has 1 N–H and O–H groups in total. The zero-order chi connectivity index (χ0) is 23.9. The highest BCUT2D eigenvalue weighted by atomic mass is 19.1. The fourth-order valence-corrected chi connectivity index (χ4v) is 4.31. The van der Waals surface area contributed by atoms with Crippen LogP contribution in [-0.4, -0.2) is 49.1 Å². The van der Waals surface area contributed by atoms with Crippen LogP contribution in [0, 0.1) is 5.82 Å². The fourth-order valence-electron chi connectivity index (χ4n) is 4.31. The van der Waals surface area contributed by atoms with Crippen molar-refractivity contribution in [2.75, 3.05) is 27.3 Å². The number of methoxy groups -OCH3 is 2. The lowest BCUT2D eigenvalue weighted by atomic mass is 10.0. The number of likely N-dealkylation sites (tertiary alicyclic amines) is 1. The molecule has 3 aromatic rings. The average Bonchev–Trinajstić information content (AvgIpc) is 2.86. The number of ether oxygens (including phenoxy) is 2. The molecule has 6 nitrogen and oxygen atoms in total. The van der Waals surface area contributed by atoms with Gasteiger partial charge in [0.15, 0.2) is 0 Å². The number of halogens is 1. The maximum Gasteiger partial charge on any atom is 0.253 e. The van der Waals surface area contributed by atoms with Gasteiger partial charge >= 0.3 is 0 Å². The summed E-state index contributed by atoms with van der Waals surface area (Å²) in [4.78, 5) is 19.4. The van der Waals surface area contributed by atoms with Crippen molar-refractivity contribution in [2.24, 2.45) is 0 Å². The van der Waals surface area contributed by atoms with Gasteiger partial charge in [-0.15, -0.1) is 0 Å². The molecule has 34 heavy (non-hydrogen) atoms. The molecule has 7 heteroatoms. The third-order valence-corrected chi connectivity index (χ3v) is 6.12. The Morgan fingerprint density at radius 1 is 1.12 bits per heavy atom. The van der Waals surface area contributed by atoms with Crippen LogP contribution in [0.2, 0.25) is 0 Å². The molecule has 4 rings (SSSR count). The molecule has 2 heterocycles. The van der Waals surface area contributed by atoms with E-state index in [9.17, 15) is 9.18 Å². The lowest BCUT2D eigenvalue weighted by molar-refractivity contribution is 0.0908. The number of pyridine rings is 1. The molecule has 1 saturated heterocycles. The standard InChI is InChI=1S/C27H30FN3O3/c1-33-18-22-14-19(6-9-26(22)34-2)17-31-12-10-24(11-13-31)30-27(32)21-7-8-25(29-16-21)20-4-3-5-23(28)15-20/h3-9,14-16,24H,10-13,17-18H2,1-2H3,(H,30,32). The van der Waals surface area contributed by atoms with Gasteiger partial charge in [-0.2, -0.15) is 0 Å². The van der Waals surface area contributed by atoms with Crippen molar-refractivity contribution in [1.82, 2.24) is 15.2 Å². The van der Waals surface area contributed by atoms with E-state index in [1.165, 1.54) is 17.7 Å². The number of aromatic nitrogens is 1. The van der Waals surface area contributed by atoms with Crippen LogP contribution in [0.15, 0.2) is 60.8 Å². The second kappa shape index (κ2) is 11.2. The Labute approximate surface area is 199 Å². The molecule has 2 aromatic carbocycles. The van der Waals surface area contributed by atoms with E-state index in [-0.39, 0.29) is 17.8 Å². The van der Waals surface area contributed by atoms with E-state index in [1.807, 2.05) is 6.07 Å². The lowest BCUT2D eigenvalue weighted by Gasteiger charge is -2.32. The van der Waals surface area contributed by atoms with E-state index in [0.29, 0.717) is 23.4 Å². The molecule has 1 aliphatic rings. The molecular weight excluding hydrogens is 433 g/mol. The van der Waals surface area contributed by atoms with Crippen LogP contribution in [0.1, 0.15) is 34.3 Å². The van der Waals surface area contributed by atoms with Crippen LogP contribution in [0.25, 0.3) is 11.3 Å². The largest absolute Gasteiger partial charge is 0.496 e. The van der Waals surface area contributed by atoms with Crippen molar-refractivity contribution >= 4 is 5.91 Å². The highest BCUT2D eigenvalue weighted by molar-refractivity contribution is 5.94. The smallest absolute Gasteiger partial charge is 0.253 e. The number of carbonyl (C=O) groups is 1. The van der Waals surface area contributed by atoms with Gasteiger partial charge in [0.2, 0.25) is 0 Å². The van der Waals surface area contributed by atoms with Crippen molar-refractivity contribution in [2.45, 2.75) is 32.0 Å². The van der Waals surface area contributed by atoms with Crippen LogP contribution in [0.3, 0.4) is 0 Å². The number of hydrogen-bond donors (Lipinski definition) is 1. The topological polar surface area (TPSA) is 63.7 Å². The van der Waals surface area contributed by atoms with Crippen molar-refractivity contribution in [3.8, 4) is 17.0 Å². The number of nitrogens with one attached hydrogen (secondary N) is 1. The predicted octanol–water partition coefficient (Wildman–Crippen LogP) is 4.44. The molecule has 1 aliphatic heterocycles. The number of carbonyl (C=O) groups excluding carboxylic acids is 1. The summed E-state index contributed by atoms with van der Waals surface area (Å²) in [5.41, 5.74) is 4.09. The van der Waals surface area contributed by atoms with Gasteiger partial charge in [-0.3, -0.25) is 14.7 Å². The Balaban J connectivity index is 1.28. The molecule has 178 valence electrons. The first kappa shape index (κ1) is 23.9. The summed E-state index contributed by atoms with van der Waals surface area (Å²) in [6.07, 6.45) is 3.33. The molecule has 1 fully saturated rings. The van der Waals surface area contributed by atoms with Gasteiger partial charge in [0, 0.05) is 50.1 Å². The molecule has 0 saturated carbocycles. The minimum Gasteiger partial charge on any atom is -0.496 e. The highest BCUT2D eigenvalue weighted by Crippen LogP contribution is 2.23. The number of piperidine rings is 1. The van der Waals surface area contributed by atoms with Crippen molar-refractivity contribution < 1.29 is 18.7 Å². The first-order valence-corrected chi connectivity index (χ1v) is 11.5. The summed E-state index contributed by atoms with van der Waals surface area (Å²) in [5, 5.41) is 3.13. The molecule has 1 amide bonds. The summed E-state index contributed by atoms with van der Waals surface area (Å²) < 4.78 is 24.1. The van der Waals surface area contributed by atoms with E-state index < -0.39 is 0 Å². The number of amides is 1. The maximum absolute atomic E-state index is 13.4. The van der Waals surface area contributed by atoms with Crippen LogP contribution >= 0.6 is 0 Å². The number of benzene rings is 2. The Morgan fingerprint density at radius 3 is 2.62 bits per heavy atom. The van der Waals surface area contributed by atoms with Gasteiger partial charge in [0.25, 0.3) is 5.91 Å². The molecule has 0 spiro atoms. The van der Waals surface area contributed by atoms with Gasteiger partial charge in [0.05, 0.1) is 25.0 Å². The van der Waals surface area contributed by atoms with E-state index in [0.717, 1.165) is 43.8 Å². The number of nitrogens with zero attached hydrogens (tertiary/aromatic N) is 2. The minimum absolute atomic E-state index is 0.129. The van der Waals surface area contributed by atoms with E-state index >= 15 is 0 Å². The normalized spacial score (nSPS) is 14.7. The van der Waals surface area contributed by atoms with Crippen LogP contribution in [-0.2, 0) is 17.9 Å². The number of hydrogen-bond acceptors (Lipinski definition) is 5. The van der Waals surface area contributed by atoms with Crippen molar-refractivity contribution in [1.29, 1.82) is 0 Å². The first-order valence-electron chi connectivity index (χ1n) is 11.5. The molecule has 0 unspecified atom stereocenters. The number of rotatable bonds is 8. The first-order chi connectivity index (χ1) is 16.6. The second-order valence-electron chi connectivity index (χ2n) is 8.55. The SMILES string of the molecule is COCc1cc(CN2CCC(NC(=O)c3ccc(-c4cccc(F)c4)nc3)CC2)ccc1OC. The zero-order valence-electron chi connectivity index (χ0n) is 19.6. The maximum atomic E-state index is 13.4. The summed E-state index contributed by atoms with van der Waals surface area (Å²) in [6.45, 7) is 3.19. The summed E-state index contributed by atoms with van der Waals surface area (Å²) in [5.74, 6) is 0.399. The van der Waals surface area contributed by atoms with Crippen LogP contribution in [0.4, 0.5) is 4.39 Å². The Morgan fingerprint density at radius 2 is 1.94 bits per heavy atom. The second-order valence-corrected chi connectivity index (χ2v) is 8.55. The fraction of sp³-hybridized carbons (Fsp3) is 0.333. The lowest BCUT2D eigenvalue weighted by Crippen LogP contribution is -2.44. The molecule has 0 bridgehead atoms. The van der Waals surface area contributed by atoms with E-state index in [1.54, 1.807) is 44.7 Å². The van der Waals surface area contributed by atoms with E-state index in [2.05, 4.69) is 27.3 Å². The Hall–Kier alpha value is -3.29. The summed E-state index contributed by atoms with van der Waals surface area (Å²) in [6, 6.07) is 16.1. The molecular formula is C27H30FN3O3. The van der Waals surface area contributed by atoms with Gasteiger partial charge in [0.1, 0.15) is 11.6 Å². The summed E-state index contributed by atoms with van der Waals surface area (Å²) in [7, 11) is 3.35. The Kier molecular flexibility index (Phi) is 7.87. The molecule has 0 radical (unpaired) electrons. The summed E-state index contributed by atoms with van der Waals surface area (Å²) >= 11 is 0. The van der Waals surface area contributed by atoms with Crippen molar-refractivity contribution in [3.05, 3.63) is 83.3 Å². The third kappa shape index (κ3) is 5.98. The zero-order valence-corrected chi connectivity index (χ0v) is 19.6.